The van der Waals surface area contributed by atoms with Crippen molar-refractivity contribution in [2.24, 2.45) is 0 Å². The fraction of sp³-hybridized carbons (Fsp3) is 1.00. The normalized spacial score (nSPS) is 12.0. The topological polar surface area (TPSA) is 9.23 Å². The Labute approximate surface area is 53.1 Å². The van der Waals surface area contributed by atoms with Crippen LogP contribution in [0.1, 0.15) is 6.92 Å². The van der Waals surface area contributed by atoms with Crippen molar-refractivity contribution >= 4 is 26.6 Å². The Kier molecular flexibility index (Phi) is 3.62. The minimum atomic E-state index is -2.30. The molecule has 0 aromatic rings. The molecule has 44 valence electrons. The second-order valence-corrected chi connectivity index (χ2v) is 16.5. The van der Waals surface area contributed by atoms with E-state index in [4.69, 9.17) is 12.0 Å². The van der Waals surface area contributed by atoms with Gasteiger partial charge in [-0.05, 0) is 0 Å². The summed E-state index contributed by atoms with van der Waals surface area (Å²) in [5, 5.41) is 0. The van der Waals surface area contributed by atoms with E-state index in [-0.39, 0.29) is 0 Å². The Balaban J connectivity index is 3.15. The van der Waals surface area contributed by atoms with Crippen LogP contribution in [0.15, 0.2) is 0 Å². The van der Waals surface area contributed by atoms with Crippen LogP contribution in [-0.4, -0.2) is 24.3 Å². The van der Waals surface area contributed by atoms with E-state index in [0.717, 1.165) is 6.61 Å². The molecule has 0 saturated carbocycles. The summed E-state index contributed by atoms with van der Waals surface area (Å²) in [5.41, 5.74) is 0. The standard InChI is InChI=1S/C2H5O.2CH3.ClH.Sn/c1-2-3;;;;/h2H2,1H3;2*1H3;1H;/q-1;;;;+2/p-1. The number of rotatable bonds is 2. The van der Waals surface area contributed by atoms with Crippen molar-refractivity contribution in [1.82, 2.24) is 0 Å². The Morgan fingerprint density at radius 1 is 1.57 bits per heavy atom. The molecule has 0 unspecified atom stereocenters. The van der Waals surface area contributed by atoms with Gasteiger partial charge in [0, 0.05) is 0 Å². The molecule has 3 heteroatoms. The van der Waals surface area contributed by atoms with Crippen LogP contribution in [0.2, 0.25) is 9.88 Å². The molecule has 0 bridgehead atoms. The SMILES string of the molecule is CC[O][Sn]([CH3])([CH3])[Cl]. The van der Waals surface area contributed by atoms with Gasteiger partial charge in [0.2, 0.25) is 0 Å². The van der Waals surface area contributed by atoms with Crippen molar-refractivity contribution in [3.8, 4) is 0 Å². The van der Waals surface area contributed by atoms with E-state index in [1.807, 2.05) is 16.8 Å². The molecule has 0 saturated heterocycles. The van der Waals surface area contributed by atoms with Crippen molar-refractivity contribution in [1.29, 1.82) is 0 Å². The van der Waals surface area contributed by atoms with Gasteiger partial charge < -0.3 is 0 Å². The number of hydrogen-bond acceptors (Lipinski definition) is 1. The summed E-state index contributed by atoms with van der Waals surface area (Å²) in [4.78, 5) is 4.06. The van der Waals surface area contributed by atoms with Crippen LogP contribution in [0.3, 0.4) is 0 Å². The van der Waals surface area contributed by atoms with Crippen LogP contribution >= 0.6 is 8.92 Å². The van der Waals surface area contributed by atoms with Gasteiger partial charge in [-0.3, -0.25) is 0 Å². The fourth-order valence-electron chi connectivity index (χ4n) is 0.343. The molecule has 0 N–H and O–H groups in total. The zero-order valence-corrected chi connectivity index (χ0v) is 8.60. The molecule has 0 spiro atoms. The van der Waals surface area contributed by atoms with Crippen molar-refractivity contribution in [2.45, 2.75) is 16.8 Å². The first-order chi connectivity index (χ1) is 3.06. The summed E-state index contributed by atoms with van der Waals surface area (Å²) in [6.07, 6.45) is 0. The predicted molar refractivity (Wildman–Crippen MR) is 35.0 cm³/mol. The van der Waals surface area contributed by atoms with Crippen LogP contribution in [0.25, 0.3) is 0 Å². The van der Waals surface area contributed by atoms with Gasteiger partial charge in [0.15, 0.2) is 0 Å². The van der Waals surface area contributed by atoms with Crippen LogP contribution < -0.4 is 0 Å². The third-order valence-electron chi connectivity index (χ3n) is 0.488. The monoisotopic (exact) mass is 230 g/mol. The molecular weight excluding hydrogens is 218 g/mol. The quantitative estimate of drug-likeness (QED) is 0.658. The van der Waals surface area contributed by atoms with E-state index in [9.17, 15) is 0 Å². The third-order valence-corrected chi connectivity index (χ3v) is 4.00. The van der Waals surface area contributed by atoms with E-state index < -0.39 is 17.7 Å². The maximum atomic E-state index is 5.82. The second kappa shape index (κ2) is 3.15. The summed E-state index contributed by atoms with van der Waals surface area (Å²) < 4.78 is 5.20. The van der Waals surface area contributed by atoms with Crippen molar-refractivity contribution in [3.05, 3.63) is 0 Å². The summed E-state index contributed by atoms with van der Waals surface area (Å²) >= 11 is -2.30. The first-order valence-electron chi connectivity index (χ1n) is 2.39. The molecule has 0 radical (unpaired) electrons. The first-order valence-corrected chi connectivity index (χ1v) is 12.9. The van der Waals surface area contributed by atoms with Crippen molar-refractivity contribution in [3.63, 3.8) is 0 Å². The molecule has 0 amide bonds. The van der Waals surface area contributed by atoms with Crippen molar-refractivity contribution in [2.75, 3.05) is 6.61 Å². The van der Waals surface area contributed by atoms with Gasteiger partial charge in [-0.2, -0.15) is 0 Å². The molecule has 0 aromatic heterocycles. The Bertz CT molecular complexity index is 50.1. The number of halogens is 1. The molecule has 0 fully saturated rings. The molecule has 0 aliphatic carbocycles. The molecule has 7 heavy (non-hydrogen) atoms. The minimum absolute atomic E-state index is 0.770. The summed E-state index contributed by atoms with van der Waals surface area (Å²) in [6.45, 7) is 2.74. The van der Waals surface area contributed by atoms with Gasteiger partial charge in [0.1, 0.15) is 0 Å². The van der Waals surface area contributed by atoms with Crippen LogP contribution in [0.4, 0.5) is 0 Å². The van der Waals surface area contributed by atoms with Gasteiger partial charge in [0.05, 0.1) is 0 Å². The van der Waals surface area contributed by atoms with E-state index in [2.05, 4.69) is 0 Å². The van der Waals surface area contributed by atoms with Gasteiger partial charge >= 0.3 is 53.1 Å². The Morgan fingerprint density at radius 3 is 2.00 bits per heavy atom. The van der Waals surface area contributed by atoms with Crippen LogP contribution in [-0.2, 0) is 3.07 Å². The molecule has 0 aromatic carbocycles. The molecule has 0 rings (SSSR count). The van der Waals surface area contributed by atoms with E-state index >= 15 is 0 Å². The van der Waals surface area contributed by atoms with Gasteiger partial charge in [-0.15, -0.1) is 0 Å². The first kappa shape index (κ1) is 8.05. The van der Waals surface area contributed by atoms with Crippen molar-refractivity contribution < 1.29 is 3.07 Å². The van der Waals surface area contributed by atoms with Gasteiger partial charge in [0.25, 0.3) is 0 Å². The van der Waals surface area contributed by atoms with Crippen LogP contribution in [0.5, 0.6) is 0 Å². The summed E-state index contributed by atoms with van der Waals surface area (Å²) in [6, 6.07) is 0. The molecule has 0 heterocycles. The van der Waals surface area contributed by atoms with E-state index in [1.54, 1.807) is 0 Å². The number of hydrogen-bond donors (Lipinski definition) is 0. The second-order valence-electron chi connectivity index (χ2n) is 1.80. The molecule has 0 aliphatic rings. The van der Waals surface area contributed by atoms with E-state index in [1.165, 1.54) is 0 Å². The van der Waals surface area contributed by atoms with Gasteiger partial charge in [-0.25, -0.2) is 0 Å². The molecular formula is C4H11ClOSn. The average molecular weight is 229 g/mol. The molecule has 1 nitrogen and oxygen atoms in total. The maximum absolute atomic E-state index is 5.82. The average Bonchev–Trinajstić information content (AvgIpc) is 1.30. The zero-order valence-electron chi connectivity index (χ0n) is 4.99. The third kappa shape index (κ3) is 7.05. The molecule has 0 aliphatic heterocycles. The summed E-state index contributed by atoms with van der Waals surface area (Å²) in [5.74, 6) is 0. The van der Waals surface area contributed by atoms with E-state index in [0.29, 0.717) is 0 Å². The van der Waals surface area contributed by atoms with Crippen LogP contribution in [0, 0.1) is 0 Å². The molecule has 0 atom stereocenters. The Hall–Kier alpha value is 1.05. The predicted octanol–water partition coefficient (Wildman–Crippen LogP) is 1.96. The summed E-state index contributed by atoms with van der Waals surface area (Å²) in [7, 11) is 5.82. The Morgan fingerprint density at radius 2 is 2.00 bits per heavy atom. The van der Waals surface area contributed by atoms with Gasteiger partial charge in [-0.1, -0.05) is 0 Å². The zero-order chi connectivity index (χ0) is 5.91. The fourth-order valence-corrected chi connectivity index (χ4v) is 3.03.